The second-order valence-corrected chi connectivity index (χ2v) is 6.75. The zero-order valence-electron chi connectivity index (χ0n) is 13.3. The van der Waals surface area contributed by atoms with Crippen molar-refractivity contribution < 1.29 is 4.79 Å². The summed E-state index contributed by atoms with van der Waals surface area (Å²) in [7, 11) is 0. The number of carbonyl (C=O) groups excluding carboxylic acids is 1. The first-order valence-electron chi connectivity index (χ1n) is 8.35. The summed E-state index contributed by atoms with van der Waals surface area (Å²) in [6.07, 6.45) is 5.51. The number of benzene rings is 1. The van der Waals surface area contributed by atoms with Crippen LogP contribution in [0.15, 0.2) is 35.7 Å². The molecule has 122 valence electrons. The van der Waals surface area contributed by atoms with Gasteiger partial charge >= 0.3 is 6.03 Å². The summed E-state index contributed by atoms with van der Waals surface area (Å²) >= 11 is 1.66. The second kappa shape index (κ2) is 8.11. The zero-order valence-corrected chi connectivity index (χ0v) is 14.1. The van der Waals surface area contributed by atoms with Crippen LogP contribution in [0.3, 0.4) is 0 Å². The Morgan fingerprint density at radius 3 is 2.61 bits per heavy atom. The van der Waals surface area contributed by atoms with Crippen LogP contribution in [0.5, 0.6) is 0 Å². The minimum absolute atomic E-state index is 0.0745. The quantitative estimate of drug-likeness (QED) is 0.923. The van der Waals surface area contributed by atoms with E-state index in [4.69, 9.17) is 0 Å². The molecule has 2 amide bonds. The molecule has 1 aromatic heterocycles. The minimum atomic E-state index is 0.0745. The maximum atomic E-state index is 12.2. The van der Waals surface area contributed by atoms with E-state index in [0.29, 0.717) is 6.54 Å². The fourth-order valence-electron chi connectivity index (χ4n) is 2.82. The molecule has 0 spiro atoms. The molecule has 2 aromatic rings. The van der Waals surface area contributed by atoms with Crippen LogP contribution in [0, 0.1) is 0 Å². The van der Waals surface area contributed by atoms with Gasteiger partial charge in [-0.15, -0.1) is 11.3 Å². The molecule has 1 aliphatic heterocycles. The standard InChI is InChI=1S/C18H23N3OS/c22-18(21-12-6-1-2-7-13-21)19-11-10-16-14-23-17(20-16)15-8-4-3-5-9-15/h3-5,8-9,14H,1-2,6-7,10-13H2,(H,19,22). The molecule has 0 saturated carbocycles. The Morgan fingerprint density at radius 1 is 1.13 bits per heavy atom. The van der Waals surface area contributed by atoms with Crippen LogP contribution in [-0.2, 0) is 6.42 Å². The fourth-order valence-corrected chi connectivity index (χ4v) is 3.68. The Labute approximate surface area is 141 Å². The number of hydrogen-bond donors (Lipinski definition) is 1. The molecule has 1 aliphatic rings. The van der Waals surface area contributed by atoms with E-state index in [0.717, 1.165) is 48.6 Å². The summed E-state index contributed by atoms with van der Waals surface area (Å²) in [4.78, 5) is 18.8. The number of nitrogens with one attached hydrogen (secondary N) is 1. The molecule has 2 heterocycles. The third kappa shape index (κ3) is 4.55. The van der Waals surface area contributed by atoms with Crippen molar-refractivity contribution in [2.45, 2.75) is 32.1 Å². The van der Waals surface area contributed by atoms with E-state index in [-0.39, 0.29) is 6.03 Å². The summed E-state index contributed by atoms with van der Waals surface area (Å²) in [5.41, 5.74) is 2.20. The number of rotatable bonds is 4. The molecule has 0 radical (unpaired) electrons. The average Bonchev–Trinajstić information content (AvgIpc) is 2.89. The van der Waals surface area contributed by atoms with Crippen molar-refractivity contribution in [2.24, 2.45) is 0 Å². The molecule has 3 rings (SSSR count). The maximum Gasteiger partial charge on any atom is 0.317 e. The van der Waals surface area contributed by atoms with Gasteiger partial charge in [-0.05, 0) is 12.8 Å². The Hall–Kier alpha value is -1.88. The van der Waals surface area contributed by atoms with E-state index in [1.807, 2.05) is 23.1 Å². The zero-order chi connectivity index (χ0) is 15.9. The van der Waals surface area contributed by atoms with E-state index in [1.165, 1.54) is 12.8 Å². The van der Waals surface area contributed by atoms with Crippen molar-refractivity contribution in [3.63, 3.8) is 0 Å². The number of hydrogen-bond acceptors (Lipinski definition) is 3. The lowest BCUT2D eigenvalue weighted by molar-refractivity contribution is 0.200. The van der Waals surface area contributed by atoms with Gasteiger partial charge in [0.2, 0.25) is 0 Å². The highest BCUT2D eigenvalue weighted by Crippen LogP contribution is 2.23. The van der Waals surface area contributed by atoms with Gasteiger partial charge in [0, 0.05) is 37.0 Å². The van der Waals surface area contributed by atoms with E-state index in [9.17, 15) is 4.79 Å². The summed E-state index contributed by atoms with van der Waals surface area (Å²) in [6.45, 7) is 2.43. The number of urea groups is 1. The van der Waals surface area contributed by atoms with Gasteiger partial charge in [0.15, 0.2) is 0 Å². The van der Waals surface area contributed by atoms with Crippen molar-refractivity contribution >= 4 is 17.4 Å². The van der Waals surface area contributed by atoms with Gasteiger partial charge < -0.3 is 10.2 Å². The summed E-state index contributed by atoms with van der Waals surface area (Å²) in [5.74, 6) is 0. The normalized spacial score (nSPS) is 15.2. The largest absolute Gasteiger partial charge is 0.338 e. The first-order chi connectivity index (χ1) is 11.3. The topological polar surface area (TPSA) is 45.2 Å². The molecule has 1 N–H and O–H groups in total. The number of likely N-dealkylation sites (tertiary alicyclic amines) is 1. The lowest BCUT2D eigenvalue weighted by Crippen LogP contribution is -2.41. The number of thiazole rings is 1. The molecule has 1 aromatic carbocycles. The van der Waals surface area contributed by atoms with Gasteiger partial charge in [0.05, 0.1) is 5.69 Å². The number of nitrogens with zero attached hydrogens (tertiary/aromatic N) is 2. The van der Waals surface area contributed by atoms with Gasteiger partial charge in [-0.25, -0.2) is 9.78 Å². The number of amides is 2. The van der Waals surface area contributed by atoms with Gasteiger partial charge in [-0.2, -0.15) is 0 Å². The molecular weight excluding hydrogens is 306 g/mol. The molecule has 1 saturated heterocycles. The van der Waals surface area contributed by atoms with Crippen LogP contribution in [0.25, 0.3) is 10.6 Å². The van der Waals surface area contributed by atoms with Crippen molar-refractivity contribution in [1.82, 2.24) is 15.2 Å². The van der Waals surface area contributed by atoms with Gasteiger partial charge in [0.1, 0.15) is 5.01 Å². The molecule has 0 atom stereocenters. The highest BCUT2D eigenvalue weighted by Gasteiger charge is 2.14. The van der Waals surface area contributed by atoms with Crippen LogP contribution >= 0.6 is 11.3 Å². The van der Waals surface area contributed by atoms with Crippen molar-refractivity contribution in [1.29, 1.82) is 0 Å². The maximum absolute atomic E-state index is 12.2. The summed E-state index contributed by atoms with van der Waals surface area (Å²) in [5, 5.41) is 6.15. The van der Waals surface area contributed by atoms with Crippen molar-refractivity contribution in [2.75, 3.05) is 19.6 Å². The molecular formula is C18H23N3OS. The lowest BCUT2D eigenvalue weighted by Gasteiger charge is -2.20. The third-order valence-electron chi connectivity index (χ3n) is 4.12. The summed E-state index contributed by atoms with van der Waals surface area (Å²) in [6, 6.07) is 10.3. The SMILES string of the molecule is O=C(NCCc1csc(-c2ccccc2)n1)N1CCCCCC1. The van der Waals surface area contributed by atoms with Gasteiger partial charge in [-0.3, -0.25) is 0 Å². The highest BCUT2D eigenvalue weighted by molar-refractivity contribution is 7.13. The molecule has 23 heavy (non-hydrogen) atoms. The van der Waals surface area contributed by atoms with Crippen LogP contribution in [-0.4, -0.2) is 35.5 Å². The van der Waals surface area contributed by atoms with E-state index < -0.39 is 0 Å². The molecule has 0 aliphatic carbocycles. The fraction of sp³-hybridized carbons (Fsp3) is 0.444. The van der Waals surface area contributed by atoms with E-state index in [2.05, 4.69) is 27.8 Å². The first-order valence-corrected chi connectivity index (χ1v) is 9.23. The Kier molecular flexibility index (Phi) is 5.64. The second-order valence-electron chi connectivity index (χ2n) is 5.89. The minimum Gasteiger partial charge on any atom is -0.338 e. The molecule has 0 unspecified atom stereocenters. The average molecular weight is 329 g/mol. The molecule has 0 bridgehead atoms. The summed E-state index contributed by atoms with van der Waals surface area (Å²) < 4.78 is 0. The predicted octanol–water partition coefficient (Wildman–Crippen LogP) is 3.94. The van der Waals surface area contributed by atoms with Gasteiger partial charge in [-0.1, -0.05) is 43.2 Å². The first kappa shape index (κ1) is 16.0. The Balaban J connectivity index is 1.47. The smallest absolute Gasteiger partial charge is 0.317 e. The Bertz CT molecular complexity index is 618. The third-order valence-corrected chi connectivity index (χ3v) is 5.06. The number of aromatic nitrogens is 1. The van der Waals surface area contributed by atoms with Crippen LogP contribution in [0.4, 0.5) is 4.79 Å². The highest BCUT2D eigenvalue weighted by atomic mass is 32.1. The molecule has 4 nitrogen and oxygen atoms in total. The Morgan fingerprint density at radius 2 is 1.87 bits per heavy atom. The lowest BCUT2D eigenvalue weighted by atomic mass is 10.2. The van der Waals surface area contributed by atoms with Gasteiger partial charge in [0.25, 0.3) is 0 Å². The van der Waals surface area contributed by atoms with Crippen LogP contribution < -0.4 is 5.32 Å². The van der Waals surface area contributed by atoms with Crippen LogP contribution in [0.1, 0.15) is 31.4 Å². The monoisotopic (exact) mass is 329 g/mol. The van der Waals surface area contributed by atoms with Crippen molar-refractivity contribution in [3.05, 3.63) is 41.4 Å². The van der Waals surface area contributed by atoms with E-state index >= 15 is 0 Å². The number of carbonyl (C=O) groups is 1. The van der Waals surface area contributed by atoms with Crippen LogP contribution in [0.2, 0.25) is 0 Å². The van der Waals surface area contributed by atoms with Crippen molar-refractivity contribution in [3.8, 4) is 10.6 Å². The molecule has 1 fully saturated rings. The molecule has 5 heteroatoms. The van der Waals surface area contributed by atoms with E-state index in [1.54, 1.807) is 11.3 Å². The predicted molar refractivity (Wildman–Crippen MR) is 94.7 cm³/mol.